The van der Waals surface area contributed by atoms with Crippen molar-refractivity contribution in [1.82, 2.24) is 10.2 Å². The number of thiocarbonyl (C=S) groups is 1. The molecule has 1 aliphatic heterocycles. The van der Waals surface area contributed by atoms with E-state index < -0.39 is 5.82 Å². The zero-order valence-corrected chi connectivity index (χ0v) is 16.8. The molecule has 2 aromatic carbocycles. The Balaban J connectivity index is 1.53. The minimum absolute atomic E-state index is 0.193. The number of Topliss-reactive ketones (excluding diaryl/α,β-unsaturated/α-hetero) is 1. The average Bonchev–Trinajstić information content (AvgIpc) is 2.72. The molecule has 2 aromatic rings. The van der Waals surface area contributed by atoms with Crippen molar-refractivity contribution in [2.75, 3.05) is 26.3 Å². The molecule has 5 nitrogen and oxygen atoms in total. The highest BCUT2D eigenvalue weighted by molar-refractivity contribution is 7.80. The summed E-state index contributed by atoms with van der Waals surface area (Å²) in [5.41, 5.74) is 0.732. The van der Waals surface area contributed by atoms with Crippen molar-refractivity contribution in [2.45, 2.75) is 19.6 Å². The standard InChI is InChI=1S/C21H22F2N2O3S/c1-14(26)18-10-16(22)6-7-20(18)28-13-17-12-25(8-9-27-17)21(29)24-11-15-4-2-3-5-19(15)23/h2-7,10,17H,8-9,11-13H2,1H3,(H,24,29). The number of carbonyl (C=O) groups excluding carboxylic acids is 1. The van der Waals surface area contributed by atoms with Crippen LogP contribution in [0.3, 0.4) is 0 Å². The van der Waals surface area contributed by atoms with E-state index in [1.807, 2.05) is 4.90 Å². The van der Waals surface area contributed by atoms with Crippen LogP contribution in [0.25, 0.3) is 0 Å². The normalized spacial score (nSPS) is 16.4. The molecule has 0 bridgehead atoms. The summed E-state index contributed by atoms with van der Waals surface area (Å²) >= 11 is 5.43. The highest BCUT2D eigenvalue weighted by Crippen LogP contribution is 2.21. The van der Waals surface area contributed by atoms with Crippen LogP contribution in [-0.2, 0) is 11.3 Å². The Morgan fingerprint density at radius 2 is 2.10 bits per heavy atom. The summed E-state index contributed by atoms with van der Waals surface area (Å²) in [6.45, 7) is 3.40. The van der Waals surface area contributed by atoms with Crippen LogP contribution in [0.15, 0.2) is 42.5 Å². The molecule has 154 valence electrons. The molecule has 1 atom stereocenters. The molecule has 0 spiro atoms. The van der Waals surface area contributed by atoms with E-state index in [0.29, 0.717) is 42.7 Å². The fraction of sp³-hybridized carbons (Fsp3) is 0.333. The fourth-order valence-electron chi connectivity index (χ4n) is 3.01. The minimum atomic E-state index is -0.492. The van der Waals surface area contributed by atoms with E-state index in [1.165, 1.54) is 25.1 Å². The highest BCUT2D eigenvalue weighted by atomic mass is 32.1. The van der Waals surface area contributed by atoms with E-state index in [4.69, 9.17) is 21.7 Å². The largest absolute Gasteiger partial charge is 0.490 e. The Bertz CT molecular complexity index is 894. The minimum Gasteiger partial charge on any atom is -0.490 e. The van der Waals surface area contributed by atoms with E-state index in [9.17, 15) is 13.6 Å². The molecule has 0 saturated carbocycles. The van der Waals surface area contributed by atoms with Gasteiger partial charge in [-0.2, -0.15) is 0 Å². The van der Waals surface area contributed by atoms with Crippen LogP contribution < -0.4 is 10.1 Å². The van der Waals surface area contributed by atoms with E-state index in [1.54, 1.807) is 18.2 Å². The zero-order valence-electron chi connectivity index (χ0n) is 16.0. The summed E-state index contributed by atoms with van der Waals surface area (Å²) in [5.74, 6) is -0.727. The second-order valence-electron chi connectivity index (χ2n) is 6.70. The summed E-state index contributed by atoms with van der Waals surface area (Å²) in [7, 11) is 0. The molecule has 1 fully saturated rings. The lowest BCUT2D eigenvalue weighted by molar-refractivity contribution is -0.0289. The van der Waals surface area contributed by atoms with Crippen LogP contribution in [-0.4, -0.2) is 48.2 Å². The van der Waals surface area contributed by atoms with E-state index in [-0.39, 0.29) is 29.9 Å². The maximum atomic E-state index is 13.7. The van der Waals surface area contributed by atoms with Crippen molar-refractivity contribution >= 4 is 23.1 Å². The molecule has 1 heterocycles. The molecule has 1 saturated heterocycles. The Morgan fingerprint density at radius 3 is 2.86 bits per heavy atom. The van der Waals surface area contributed by atoms with Gasteiger partial charge in [-0.25, -0.2) is 8.78 Å². The lowest BCUT2D eigenvalue weighted by atomic mass is 10.1. The number of halogens is 2. The van der Waals surface area contributed by atoms with E-state index in [2.05, 4.69) is 5.32 Å². The van der Waals surface area contributed by atoms with E-state index >= 15 is 0 Å². The van der Waals surface area contributed by atoms with Crippen LogP contribution in [0.4, 0.5) is 8.78 Å². The molecular formula is C21H22F2N2O3S. The van der Waals surface area contributed by atoms with Gasteiger partial charge in [0.05, 0.1) is 12.2 Å². The maximum absolute atomic E-state index is 13.7. The third-order valence-electron chi connectivity index (χ3n) is 4.56. The van der Waals surface area contributed by atoms with Gasteiger partial charge in [0.15, 0.2) is 10.9 Å². The Hall–Kier alpha value is -2.58. The maximum Gasteiger partial charge on any atom is 0.169 e. The summed E-state index contributed by atoms with van der Waals surface area (Å²) in [5, 5.41) is 3.58. The molecule has 1 N–H and O–H groups in total. The number of ketones is 1. The van der Waals surface area contributed by atoms with Gasteiger partial charge in [-0.3, -0.25) is 4.79 Å². The number of carbonyl (C=O) groups is 1. The number of hydrogen-bond donors (Lipinski definition) is 1. The Kier molecular flexibility index (Phi) is 7.11. The third kappa shape index (κ3) is 5.71. The lowest BCUT2D eigenvalue weighted by Crippen LogP contribution is -2.50. The van der Waals surface area contributed by atoms with Gasteiger partial charge in [0.1, 0.15) is 30.1 Å². The van der Waals surface area contributed by atoms with Crippen molar-refractivity contribution in [3.63, 3.8) is 0 Å². The third-order valence-corrected chi connectivity index (χ3v) is 4.96. The molecule has 3 rings (SSSR count). The van der Waals surface area contributed by atoms with Gasteiger partial charge in [-0.1, -0.05) is 18.2 Å². The second-order valence-corrected chi connectivity index (χ2v) is 7.08. The highest BCUT2D eigenvalue weighted by Gasteiger charge is 2.23. The predicted molar refractivity (Wildman–Crippen MR) is 109 cm³/mol. The first-order chi connectivity index (χ1) is 13.9. The first-order valence-corrected chi connectivity index (χ1v) is 9.66. The van der Waals surface area contributed by atoms with Crippen molar-refractivity contribution in [2.24, 2.45) is 0 Å². The summed E-state index contributed by atoms with van der Waals surface area (Å²) in [6.07, 6.45) is -0.276. The first-order valence-electron chi connectivity index (χ1n) is 9.25. The topological polar surface area (TPSA) is 50.8 Å². The number of morpholine rings is 1. The number of rotatable bonds is 6. The fourth-order valence-corrected chi connectivity index (χ4v) is 3.25. The lowest BCUT2D eigenvalue weighted by Gasteiger charge is -2.34. The second kappa shape index (κ2) is 9.76. The van der Waals surface area contributed by atoms with Gasteiger partial charge in [0, 0.05) is 25.2 Å². The Labute approximate surface area is 173 Å². The van der Waals surface area contributed by atoms with Gasteiger partial charge in [-0.05, 0) is 43.4 Å². The van der Waals surface area contributed by atoms with Crippen molar-refractivity contribution in [3.8, 4) is 5.75 Å². The van der Waals surface area contributed by atoms with Gasteiger partial charge in [-0.15, -0.1) is 0 Å². The summed E-state index contributed by atoms with van der Waals surface area (Å²) in [6, 6.07) is 10.4. The van der Waals surface area contributed by atoms with Gasteiger partial charge in [0.25, 0.3) is 0 Å². The number of hydrogen-bond acceptors (Lipinski definition) is 4. The van der Waals surface area contributed by atoms with Crippen LogP contribution in [0.1, 0.15) is 22.8 Å². The summed E-state index contributed by atoms with van der Waals surface area (Å²) in [4.78, 5) is 13.6. The molecule has 0 aliphatic carbocycles. The van der Waals surface area contributed by atoms with Crippen molar-refractivity contribution in [3.05, 3.63) is 65.2 Å². The van der Waals surface area contributed by atoms with Gasteiger partial charge in [0.2, 0.25) is 0 Å². The molecular weight excluding hydrogens is 398 g/mol. The van der Waals surface area contributed by atoms with E-state index in [0.717, 1.165) is 6.07 Å². The molecule has 1 aliphatic rings. The SMILES string of the molecule is CC(=O)c1cc(F)ccc1OCC1CN(C(=S)NCc2ccccc2F)CCO1. The number of nitrogens with one attached hydrogen (secondary N) is 1. The van der Waals surface area contributed by atoms with Gasteiger partial charge < -0.3 is 19.7 Å². The smallest absolute Gasteiger partial charge is 0.169 e. The zero-order chi connectivity index (χ0) is 20.8. The first kappa shape index (κ1) is 21.1. The predicted octanol–water partition coefficient (Wildman–Crippen LogP) is 3.32. The molecule has 1 unspecified atom stereocenters. The number of ether oxygens (including phenoxy) is 2. The van der Waals surface area contributed by atoms with Crippen molar-refractivity contribution < 1.29 is 23.0 Å². The van der Waals surface area contributed by atoms with Gasteiger partial charge >= 0.3 is 0 Å². The van der Waals surface area contributed by atoms with Crippen LogP contribution in [0.5, 0.6) is 5.75 Å². The molecule has 0 radical (unpaired) electrons. The van der Waals surface area contributed by atoms with Crippen LogP contribution in [0.2, 0.25) is 0 Å². The molecule has 8 heteroatoms. The average molecular weight is 420 g/mol. The molecule has 0 amide bonds. The quantitative estimate of drug-likeness (QED) is 0.572. The monoisotopic (exact) mass is 420 g/mol. The number of benzene rings is 2. The van der Waals surface area contributed by atoms with Crippen molar-refractivity contribution in [1.29, 1.82) is 0 Å². The summed E-state index contributed by atoms with van der Waals surface area (Å²) < 4.78 is 38.5. The van der Waals surface area contributed by atoms with Crippen LogP contribution in [0, 0.1) is 11.6 Å². The Morgan fingerprint density at radius 1 is 1.31 bits per heavy atom. The van der Waals surface area contributed by atoms with Crippen LogP contribution >= 0.6 is 12.2 Å². The number of nitrogens with zero attached hydrogens (tertiary/aromatic N) is 1. The molecule has 0 aromatic heterocycles. The molecule has 29 heavy (non-hydrogen) atoms.